The lowest BCUT2D eigenvalue weighted by Gasteiger charge is -2.47. The molecule has 2 heterocycles. The molecule has 3 aromatic rings. The average Bonchev–Trinajstić information content (AvgIpc) is 3.25. The highest BCUT2D eigenvalue weighted by Gasteiger charge is 2.50. The average molecular weight is 456 g/mol. The molecule has 5 nitrogen and oxygen atoms in total. The maximum atomic E-state index is 13.0. The molecule has 7 heteroatoms. The number of halogens is 2. The molecule has 1 amide bonds. The van der Waals surface area contributed by atoms with Crippen LogP contribution in [-0.2, 0) is 11.2 Å². The fourth-order valence-corrected chi connectivity index (χ4v) is 4.15. The molecule has 0 N–H and O–H groups in total. The molecule has 0 unspecified atom stereocenters. The summed E-state index contributed by atoms with van der Waals surface area (Å²) in [7, 11) is 0. The Morgan fingerprint density at radius 2 is 1.58 bits per heavy atom. The Kier molecular flexibility index (Phi) is 5.38. The van der Waals surface area contributed by atoms with Gasteiger partial charge in [-0.2, -0.15) is 0 Å². The van der Waals surface area contributed by atoms with E-state index in [1.165, 1.54) is 0 Å². The minimum atomic E-state index is -0.619. The Bertz CT molecular complexity index is 1100. The van der Waals surface area contributed by atoms with Crippen molar-refractivity contribution in [1.29, 1.82) is 0 Å². The third kappa shape index (κ3) is 4.03. The van der Waals surface area contributed by atoms with E-state index in [9.17, 15) is 4.79 Å². The maximum absolute atomic E-state index is 13.0. The number of carbonyl (C=O) groups excluding carboxylic acids is 1. The normalized spacial score (nSPS) is 19.3. The molecule has 2 atom stereocenters. The Morgan fingerprint density at radius 3 is 2.32 bits per heavy atom. The molecule has 158 valence electrons. The maximum Gasteiger partial charge on any atom is 0.266 e. The molecule has 0 aliphatic carbocycles. The van der Waals surface area contributed by atoms with Crippen molar-refractivity contribution in [1.82, 2.24) is 4.90 Å². The van der Waals surface area contributed by atoms with E-state index in [2.05, 4.69) is 0 Å². The van der Waals surface area contributed by atoms with Crippen molar-refractivity contribution in [2.75, 3.05) is 13.3 Å². The van der Waals surface area contributed by atoms with E-state index in [1.807, 2.05) is 47.4 Å². The number of benzene rings is 3. The van der Waals surface area contributed by atoms with Crippen LogP contribution < -0.4 is 14.2 Å². The Balaban J connectivity index is 1.39. The number of hydrogen-bond donors (Lipinski definition) is 0. The Hall–Kier alpha value is -2.89. The van der Waals surface area contributed by atoms with Crippen LogP contribution in [0.15, 0.2) is 66.7 Å². The van der Waals surface area contributed by atoms with E-state index in [-0.39, 0.29) is 18.7 Å². The monoisotopic (exact) mass is 455 g/mol. The van der Waals surface area contributed by atoms with Gasteiger partial charge >= 0.3 is 0 Å². The number of ether oxygens (including phenoxy) is 3. The van der Waals surface area contributed by atoms with E-state index in [1.54, 1.807) is 24.3 Å². The van der Waals surface area contributed by atoms with Gasteiger partial charge in [-0.15, -0.1) is 0 Å². The third-order valence-corrected chi connectivity index (χ3v) is 6.02. The lowest BCUT2D eigenvalue weighted by Crippen LogP contribution is -2.61. The topological polar surface area (TPSA) is 48.0 Å². The van der Waals surface area contributed by atoms with Gasteiger partial charge in [0.25, 0.3) is 5.91 Å². The van der Waals surface area contributed by atoms with Crippen LogP contribution in [0.25, 0.3) is 0 Å². The Labute approximate surface area is 190 Å². The van der Waals surface area contributed by atoms with E-state index in [0.29, 0.717) is 33.8 Å². The quantitative estimate of drug-likeness (QED) is 0.473. The molecule has 3 aromatic carbocycles. The van der Waals surface area contributed by atoms with Crippen LogP contribution in [0, 0.1) is 0 Å². The largest absolute Gasteiger partial charge is 0.478 e. The molecule has 0 bridgehead atoms. The molecule has 0 radical (unpaired) electrons. The van der Waals surface area contributed by atoms with Crippen LogP contribution in [0.3, 0.4) is 0 Å². The highest BCUT2D eigenvalue weighted by molar-refractivity contribution is 6.30. The van der Waals surface area contributed by atoms with Crippen LogP contribution >= 0.6 is 23.2 Å². The van der Waals surface area contributed by atoms with E-state index >= 15 is 0 Å². The van der Waals surface area contributed by atoms with Crippen molar-refractivity contribution in [2.24, 2.45) is 0 Å². The van der Waals surface area contributed by atoms with Gasteiger partial charge < -0.3 is 19.1 Å². The number of fused-ring (bicyclic) bond motifs is 1. The lowest BCUT2D eigenvalue weighted by atomic mass is 9.89. The summed E-state index contributed by atoms with van der Waals surface area (Å²) in [5.41, 5.74) is 2.06. The summed E-state index contributed by atoms with van der Waals surface area (Å²) in [5, 5.41) is 1.31. The SMILES string of the molecule is O=C1[C@@H](Oc2ccc(Cl)cc2)[C@H](c2ccc3c(c2)OCO3)N1CCc1ccc(Cl)cc1. The number of rotatable bonds is 6. The molecule has 2 aliphatic rings. The second-order valence-electron chi connectivity index (χ2n) is 7.46. The standard InChI is InChI=1S/C24H19Cl2NO4/c25-17-4-1-15(2-5-17)11-12-27-22(16-3-10-20-21(13-16)30-14-29-20)23(24(27)28)31-19-8-6-18(26)7-9-19/h1-10,13,22-23H,11-12,14H2/t22-,23-/m0/s1. The fraction of sp³-hybridized carbons (Fsp3) is 0.208. The summed E-state index contributed by atoms with van der Waals surface area (Å²) in [6.45, 7) is 0.771. The van der Waals surface area contributed by atoms with Gasteiger partial charge in [0.15, 0.2) is 11.5 Å². The molecular weight excluding hydrogens is 437 g/mol. The number of carbonyl (C=O) groups is 1. The molecule has 0 aromatic heterocycles. The van der Waals surface area contributed by atoms with Crippen molar-refractivity contribution >= 4 is 29.1 Å². The first-order valence-corrected chi connectivity index (χ1v) is 10.7. The summed E-state index contributed by atoms with van der Waals surface area (Å²) >= 11 is 12.0. The minimum Gasteiger partial charge on any atom is -0.478 e. The van der Waals surface area contributed by atoms with Crippen molar-refractivity contribution < 1.29 is 19.0 Å². The highest BCUT2D eigenvalue weighted by atomic mass is 35.5. The zero-order valence-corrected chi connectivity index (χ0v) is 18.0. The van der Waals surface area contributed by atoms with Gasteiger partial charge in [-0.05, 0) is 66.1 Å². The second-order valence-corrected chi connectivity index (χ2v) is 8.33. The van der Waals surface area contributed by atoms with Crippen molar-refractivity contribution in [3.05, 3.63) is 87.9 Å². The first-order chi connectivity index (χ1) is 15.1. The van der Waals surface area contributed by atoms with Gasteiger partial charge in [0.2, 0.25) is 12.9 Å². The van der Waals surface area contributed by atoms with E-state index in [4.69, 9.17) is 37.4 Å². The van der Waals surface area contributed by atoms with Crippen molar-refractivity contribution in [3.63, 3.8) is 0 Å². The molecular formula is C24H19Cl2NO4. The predicted octanol–water partition coefficient (Wildman–Crippen LogP) is 5.30. The number of β-lactam (4-membered cyclic amide) rings is 1. The summed E-state index contributed by atoms with van der Waals surface area (Å²) in [6, 6.07) is 20.2. The fourth-order valence-electron chi connectivity index (χ4n) is 3.89. The summed E-state index contributed by atoms with van der Waals surface area (Å²) in [4.78, 5) is 14.9. The number of amides is 1. The molecule has 5 rings (SSSR count). The third-order valence-electron chi connectivity index (χ3n) is 5.52. The smallest absolute Gasteiger partial charge is 0.266 e. The highest BCUT2D eigenvalue weighted by Crippen LogP contribution is 2.42. The summed E-state index contributed by atoms with van der Waals surface area (Å²) in [5.74, 6) is 1.94. The first-order valence-electron chi connectivity index (χ1n) is 9.95. The summed E-state index contributed by atoms with van der Waals surface area (Å²) in [6.07, 6.45) is 0.101. The number of nitrogens with zero attached hydrogens (tertiary/aromatic N) is 1. The lowest BCUT2D eigenvalue weighted by molar-refractivity contribution is -0.164. The van der Waals surface area contributed by atoms with Crippen LogP contribution in [-0.4, -0.2) is 30.2 Å². The molecule has 0 saturated carbocycles. The van der Waals surface area contributed by atoms with Gasteiger partial charge in [0, 0.05) is 16.6 Å². The van der Waals surface area contributed by atoms with Gasteiger partial charge in [-0.1, -0.05) is 41.4 Å². The zero-order valence-electron chi connectivity index (χ0n) is 16.5. The van der Waals surface area contributed by atoms with Crippen molar-refractivity contribution in [2.45, 2.75) is 18.6 Å². The zero-order chi connectivity index (χ0) is 21.4. The van der Waals surface area contributed by atoms with Crippen LogP contribution in [0.2, 0.25) is 10.0 Å². The van der Waals surface area contributed by atoms with Gasteiger partial charge in [0.05, 0.1) is 0 Å². The van der Waals surface area contributed by atoms with Gasteiger partial charge in [-0.3, -0.25) is 4.79 Å². The molecule has 31 heavy (non-hydrogen) atoms. The number of hydrogen-bond acceptors (Lipinski definition) is 4. The van der Waals surface area contributed by atoms with Gasteiger partial charge in [-0.25, -0.2) is 0 Å². The van der Waals surface area contributed by atoms with Crippen LogP contribution in [0.4, 0.5) is 0 Å². The molecule has 1 saturated heterocycles. The minimum absolute atomic E-state index is 0.0495. The summed E-state index contributed by atoms with van der Waals surface area (Å²) < 4.78 is 17.0. The van der Waals surface area contributed by atoms with E-state index in [0.717, 1.165) is 17.5 Å². The second kappa shape index (κ2) is 8.33. The molecule has 1 fully saturated rings. The van der Waals surface area contributed by atoms with Crippen LogP contribution in [0.5, 0.6) is 17.2 Å². The predicted molar refractivity (Wildman–Crippen MR) is 118 cm³/mol. The molecule has 0 spiro atoms. The number of likely N-dealkylation sites (tertiary alicyclic amines) is 1. The van der Waals surface area contributed by atoms with Gasteiger partial charge in [0.1, 0.15) is 11.8 Å². The Morgan fingerprint density at radius 1 is 0.903 bits per heavy atom. The molecule has 2 aliphatic heterocycles. The first kappa shape index (κ1) is 20.0. The van der Waals surface area contributed by atoms with Crippen molar-refractivity contribution in [3.8, 4) is 17.2 Å². The van der Waals surface area contributed by atoms with Crippen LogP contribution in [0.1, 0.15) is 17.2 Å². The van der Waals surface area contributed by atoms with E-state index < -0.39 is 6.10 Å².